The molecule has 120 valence electrons. The molecule has 1 N–H and O–H groups in total. The van der Waals surface area contributed by atoms with Crippen molar-refractivity contribution >= 4 is 22.7 Å². The fraction of sp³-hybridized carbons (Fsp3) is 0.467. The summed E-state index contributed by atoms with van der Waals surface area (Å²) in [5.41, 5.74) is 1.74. The van der Waals surface area contributed by atoms with Gasteiger partial charge in [-0.25, -0.2) is 9.78 Å². The Morgan fingerprint density at radius 3 is 3.26 bits per heavy atom. The Morgan fingerprint density at radius 1 is 1.61 bits per heavy atom. The van der Waals surface area contributed by atoms with Gasteiger partial charge < -0.3 is 14.4 Å². The minimum absolute atomic E-state index is 0.182. The summed E-state index contributed by atoms with van der Waals surface area (Å²) < 4.78 is 10.7. The predicted molar refractivity (Wildman–Crippen MR) is 82.0 cm³/mol. The molecule has 3 rings (SSSR count). The van der Waals surface area contributed by atoms with Gasteiger partial charge in [0.2, 0.25) is 0 Å². The van der Waals surface area contributed by atoms with Crippen LogP contribution in [-0.4, -0.2) is 53.6 Å². The highest BCUT2D eigenvalue weighted by atomic mass is 16.5. The first-order valence-electron chi connectivity index (χ1n) is 7.47. The number of ether oxygens (including phenoxy) is 2. The molecule has 0 saturated carbocycles. The van der Waals surface area contributed by atoms with Crippen LogP contribution in [0.4, 0.5) is 5.69 Å². The molecule has 0 unspecified atom stereocenters. The second-order valence-corrected chi connectivity index (χ2v) is 5.17. The Hall–Kier alpha value is -2.66. The van der Waals surface area contributed by atoms with Crippen LogP contribution in [0.2, 0.25) is 0 Å². The fourth-order valence-corrected chi connectivity index (χ4v) is 2.73. The van der Waals surface area contributed by atoms with Crippen LogP contribution in [0.1, 0.15) is 23.7 Å². The van der Waals surface area contributed by atoms with E-state index in [-0.39, 0.29) is 6.10 Å². The molecule has 1 aliphatic heterocycles. The molecule has 1 aliphatic rings. The summed E-state index contributed by atoms with van der Waals surface area (Å²) >= 11 is 0. The van der Waals surface area contributed by atoms with Crippen LogP contribution < -0.4 is 4.90 Å². The van der Waals surface area contributed by atoms with Crippen LogP contribution in [-0.2, 0) is 9.47 Å². The van der Waals surface area contributed by atoms with E-state index in [1.807, 2.05) is 4.90 Å². The van der Waals surface area contributed by atoms with E-state index in [2.05, 4.69) is 21.3 Å². The second kappa shape index (κ2) is 6.62. The van der Waals surface area contributed by atoms with Gasteiger partial charge in [0.1, 0.15) is 5.56 Å². The minimum Gasteiger partial charge on any atom is -0.462 e. The molecule has 0 spiro atoms. The number of nitriles is 1. The number of hydrogen-bond acceptors (Lipinski definition) is 7. The van der Waals surface area contributed by atoms with Crippen molar-refractivity contribution in [1.82, 2.24) is 15.2 Å². The number of rotatable bonds is 4. The van der Waals surface area contributed by atoms with Crippen LogP contribution >= 0.6 is 0 Å². The van der Waals surface area contributed by atoms with E-state index in [1.165, 1.54) is 6.20 Å². The molecule has 3 heterocycles. The van der Waals surface area contributed by atoms with Crippen molar-refractivity contribution in [3.8, 4) is 6.07 Å². The lowest BCUT2D eigenvalue weighted by molar-refractivity contribution is 0.0431. The van der Waals surface area contributed by atoms with E-state index in [0.29, 0.717) is 43.9 Å². The maximum absolute atomic E-state index is 12.3. The summed E-state index contributed by atoms with van der Waals surface area (Å²) in [6.07, 6.45) is 3.28. The molecule has 0 aromatic carbocycles. The van der Waals surface area contributed by atoms with Gasteiger partial charge in [-0.1, -0.05) is 0 Å². The Bertz CT molecular complexity index is 751. The number of hydrogen-bond donors (Lipinski definition) is 1. The molecular formula is C15H17N5O3. The average Bonchev–Trinajstić information content (AvgIpc) is 3.03. The van der Waals surface area contributed by atoms with Gasteiger partial charge in [-0.15, -0.1) is 0 Å². The summed E-state index contributed by atoms with van der Waals surface area (Å²) in [7, 11) is 0. The highest BCUT2D eigenvalue weighted by Gasteiger charge is 2.27. The number of carbonyl (C=O) groups excluding carboxylic acids is 1. The average molecular weight is 315 g/mol. The van der Waals surface area contributed by atoms with Gasteiger partial charge in [-0.05, 0) is 6.92 Å². The number of carbonyl (C=O) groups is 1. The number of esters is 1. The lowest BCUT2D eigenvalue weighted by Crippen LogP contribution is -2.43. The van der Waals surface area contributed by atoms with Crippen molar-refractivity contribution in [3.05, 3.63) is 18.0 Å². The molecule has 0 amide bonds. The summed E-state index contributed by atoms with van der Waals surface area (Å²) in [5, 5.41) is 16.5. The molecular weight excluding hydrogens is 298 g/mol. The molecule has 2 aromatic heterocycles. The number of morpholine rings is 1. The normalized spacial score (nSPS) is 17.9. The van der Waals surface area contributed by atoms with E-state index in [9.17, 15) is 4.79 Å². The Morgan fingerprint density at radius 2 is 2.48 bits per heavy atom. The van der Waals surface area contributed by atoms with Gasteiger partial charge in [0.15, 0.2) is 5.65 Å². The summed E-state index contributed by atoms with van der Waals surface area (Å²) in [6.45, 7) is 3.71. The third-order valence-electron chi connectivity index (χ3n) is 3.72. The molecule has 1 fully saturated rings. The Kier molecular flexibility index (Phi) is 4.39. The van der Waals surface area contributed by atoms with Crippen molar-refractivity contribution in [1.29, 1.82) is 5.26 Å². The lowest BCUT2D eigenvalue weighted by Gasteiger charge is -2.34. The van der Waals surface area contributed by atoms with E-state index < -0.39 is 5.97 Å². The molecule has 0 radical (unpaired) electrons. The van der Waals surface area contributed by atoms with Crippen LogP contribution in [0, 0.1) is 11.3 Å². The third-order valence-corrected chi connectivity index (χ3v) is 3.72. The predicted octanol–water partition coefficient (Wildman–Crippen LogP) is 1.25. The van der Waals surface area contributed by atoms with E-state index >= 15 is 0 Å². The lowest BCUT2D eigenvalue weighted by atomic mass is 10.1. The summed E-state index contributed by atoms with van der Waals surface area (Å²) in [4.78, 5) is 18.5. The molecule has 23 heavy (non-hydrogen) atoms. The number of aromatic amines is 1. The van der Waals surface area contributed by atoms with Crippen molar-refractivity contribution in [2.75, 3.05) is 31.2 Å². The van der Waals surface area contributed by atoms with Gasteiger partial charge in [-0.2, -0.15) is 10.4 Å². The van der Waals surface area contributed by atoms with Gasteiger partial charge in [0.25, 0.3) is 0 Å². The maximum atomic E-state index is 12.3. The molecule has 8 heteroatoms. The number of aromatic nitrogens is 3. The Balaban J connectivity index is 2.03. The zero-order valence-electron chi connectivity index (χ0n) is 12.8. The molecule has 0 bridgehead atoms. The number of nitrogens with zero attached hydrogens (tertiary/aromatic N) is 4. The quantitative estimate of drug-likeness (QED) is 0.847. The largest absolute Gasteiger partial charge is 0.462 e. The number of anilines is 1. The van der Waals surface area contributed by atoms with Crippen molar-refractivity contribution in [2.24, 2.45) is 0 Å². The molecule has 1 saturated heterocycles. The zero-order valence-corrected chi connectivity index (χ0v) is 12.8. The molecule has 0 aliphatic carbocycles. The van der Waals surface area contributed by atoms with Crippen LogP contribution in [0.3, 0.4) is 0 Å². The van der Waals surface area contributed by atoms with Crippen molar-refractivity contribution in [3.63, 3.8) is 0 Å². The fourth-order valence-electron chi connectivity index (χ4n) is 2.73. The van der Waals surface area contributed by atoms with E-state index in [1.54, 1.807) is 13.1 Å². The number of fused-ring (bicyclic) bond motifs is 1. The van der Waals surface area contributed by atoms with Gasteiger partial charge in [0.05, 0.1) is 49.1 Å². The van der Waals surface area contributed by atoms with E-state index in [4.69, 9.17) is 14.7 Å². The van der Waals surface area contributed by atoms with Gasteiger partial charge in [-0.3, -0.25) is 5.10 Å². The van der Waals surface area contributed by atoms with Crippen LogP contribution in [0.5, 0.6) is 0 Å². The van der Waals surface area contributed by atoms with Crippen molar-refractivity contribution < 1.29 is 14.3 Å². The van der Waals surface area contributed by atoms with E-state index in [0.717, 1.165) is 11.1 Å². The highest BCUT2D eigenvalue weighted by molar-refractivity contribution is 6.04. The monoisotopic (exact) mass is 315 g/mol. The first kappa shape index (κ1) is 15.2. The van der Waals surface area contributed by atoms with Gasteiger partial charge in [0, 0.05) is 19.3 Å². The highest BCUT2D eigenvalue weighted by Crippen LogP contribution is 2.30. The second-order valence-electron chi connectivity index (χ2n) is 5.17. The first-order chi connectivity index (χ1) is 11.2. The summed E-state index contributed by atoms with van der Waals surface area (Å²) in [5.74, 6) is -0.415. The standard InChI is InChI=1S/C15H17N5O3/c1-2-22-15(21)12-7-17-14-11(8-18-19-14)13(12)20-5-6-23-10(9-20)3-4-16/h7-8,10H,2-3,5-6,9H2,1H3,(H,17,18,19)/t10-/m1/s1. The van der Waals surface area contributed by atoms with Gasteiger partial charge >= 0.3 is 5.97 Å². The molecule has 2 aromatic rings. The zero-order chi connectivity index (χ0) is 16.2. The Labute approximate surface area is 133 Å². The van der Waals surface area contributed by atoms with Crippen LogP contribution in [0.15, 0.2) is 12.4 Å². The smallest absolute Gasteiger partial charge is 0.341 e. The number of nitrogens with one attached hydrogen (secondary N) is 1. The van der Waals surface area contributed by atoms with Crippen LogP contribution in [0.25, 0.3) is 11.0 Å². The summed E-state index contributed by atoms with van der Waals surface area (Å²) in [6, 6.07) is 2.13. The third kappa shape index (κ3) is 2.96. The SMILES string of the molecule is CCOC(=O)c1cnc2[nH]ncc2c1N1CCO[C@H](CC#N)C1. The van der Waals surface area contributed by atoms with Crippen molar-refractivity contribution in [2.45, 2.75) is 19.4 Å². The number of pyridine rings is 1. The minimum atomic E-state index is -0.415. The topological polar surface area (TPSA) is 104 Å². The molecule has 1 atom stereocenters. The molecule has 8 nitrogen and oxygen atoms in total. The first-order valence-corrected chi connectivity index (χ1v) is 7.47. The number of H-pyrrole nitrogens is 1. The maximum Gasteiger partial charge on any atom is 0.341 e.